The zero-order chi connectivity index (χ0) is 25.0. The van der Waals surface area contributed by atoms with Gasteiger partial charge in [0, 0.05) is 30.9 Å². The quantitative estimate of drug-likeness (QED) is 0.370. The predicted molar refractivity (Wildman–Crippen MR) is 148 cm³/mol. The number of aromatic hydroxyl groups is 1. The average molecular weight is 475 g/mol. The highest BCUT2D eigenvalue weighted by atomic mass is 16.5. The van der Waals surface area contributed by atoms with Crippen LogP contribution in [0.2, 0.25) is 0 Å². The molecule has 1 aliphatic rings. The van der Waals surface area contributed by atoms with Gasteiger partial charge in [-0.15, -0.1) is 0 Å². The Kier molecular flexibility index (Phi) is 10.5. The van der Waals surface area contributed by atoms with Crippen molar-refractivity contribution in [1.29, 1.82) is 0 Å². The van der Waals surface area contributed by atoms with Crippen LogP contribution in [0.15, 0.2) is 66.7 Å². The Morgan fingerprint density at radius 1 is 0.914 bits per heavy atom. The third-order valence-electron chi connectivity index (χ3n) is 6.49. The van der Waals surface area contributed by atoms with E-state index in [1.165, 1.54) is 47.2 Å². The van der Waals surface area contributed by atoms with Crippen LogP contribution in [0.3, 0.4) is 0 Å². The van der Waals surface area contributed by atoms with Crippen LogP contribution < -0.4 is 15.0 Å². The van der Waals surface area contributed by atoms with Gasteiger partial charge in [0.1, 0.15) is 11.5 Å². The number of aryl methyl sites for hydroxylation is 2. The molecule has 0 fully saturated rings. The normalized spacial score (nSPS) is 12.5. The van der Waals surface area contributed by atoms with Gasteiger partial charge < -0.3 is 20.1 Å². The Morgan fingerprint density at radius 3 is 2.31 bits per heavy atom. The van der Waals surface area contributed by atoms with Crippen molar-refractivity contribution < 1.29 is 9.84 Å². The van der Waals surface area contributed by atoms with Crippen LogP contribution in [0.4, 0.5) is 5.69 Å². The van der Waals surface area contributed by atoms with Gasteiger partial charge >= 0.3 is 0 Å². The molecule has 0 heterocycles. The van der Waals surface area contributed by atoms with E-state index in [4.69, 9.17) is 4.74 Å². The molecule has 0 atom stereocenters. The third-order valence-corrected chi connectivity index (χ3v) is 6.49. The zero-order valence-electron chi connectivity index (χ0n) is 21.9. The summed E-state index contributed by atoms with van der Waals surface area (Å²) in [6, 6.07) is 23.5. The highest BCUT2D eigenvalue weighted by Crippen LogP contribution is 2.24. The summed E-state index contributed by atoms with van der Waals surface area (Å²) in [5, 5.41) is 12.7. The van der Waals surface area contributed by atoms with Crippen LogP contribution in [0.1, 0.15) is 55.9 Å². The molecule has 4 rings (SSSR count). The molecule has 0 unspecified atom stereocenters. The summed E-state index contributed by atoms with van der Waals surface area (Å²) in [6.45, 7) is 9.46. The monoisotopic (exact) mass is 474 g/mol. The summed E-state index contributed by atoms with van der Waals surface area (Å²) in [5.41, 5.74) is 6.68. The van der Waals surface area contributed by atoms with Crippen molar-refractivity contribution in [2.24, 2.45) is 0 Å². The highest BCUT2D eigenvalue weighted by Gasteiger charge is 2.09. The molecule has 0 saturated heterocycles. The van der Waals surface area contributed by atoms with Gasteiger partial charge in [-0.1, -0.05) is 50.2 Å². The average Bonchev–Trinajstić information content (AvgIpc) is 2.88. The van der Waals surface area contributed by atoms with E-state index in [1.54, 1.807) is 13.2 Å². The van der Waals surface area contributed by atoms with Crippen molar-refractivity contribution in [2.45, 2.75) is 65.5 Å². The van der Waals surface area contributed by atoms with Crippen LogP contribution in [-0.2, 0) is 25.8 Å². The van der Waals surface area contributed by atoms with Crippen LogP contribution in [0.25, 0.3) is 0 Å². The fourth-order valence-corrected chi connectivity index (χ4v) is 4.45. The largest absolute Gasteiger partial charge is 0.508 e. The molecule has 3 aromatic carbocycles. The Labute approximate surface area is 212 Å². The Balaban J connectivity index is 0.000000256. The molecule has 2 N–H and O–H groups in total. The summed E-state index contributed by atoms with van der Waals surface area (Å²) < 4.78 is 5.34. The summed E-state index contributed by atoms with van der Waals surface area (Å²) in [6.07, 6.45) is 5.99. The number of fused-ring (bicyclic) bond motifs is 1. The molecule has 0 bridgehead atoms. The number of phenols is 1. The van der Waals surface area contributed by atoms with E-state index in [0.717, 1.165) is 38.2 Å². The summed E-state index contributed by atoms with van der Waals surface area (Å²) in [7, 11) is 1.71. The minimum absolute atomic E-state index is 0.408. The van der Waals surface area contributed by atoms with Crippen LogP contribution in [0, 0.1) is 0 Å². The van der Waals surface area contributed by atoms with Gasteiger partial charge in [0.15, 0.2) is 0 Å². The van der Waals surface area contributed by atoms with Gasteiger partial charge in [0.2, 0.25) is 0 Å². The second-order valence-electron chi connectivity index (χ2n) is 9.55. The van der Waals surface area contributed by atoms with Crippen molar-refractivity contribution in [3.8, 4) is 11.5 Å². The van der Waals surface area contributed by atoms with Crippen molar-refractivity contribution in [3.63, 3.8) is 0 Å². The van der Waals surface area contributed by atoms with E-state index >= 15 is 0 Å². The van der Waals surface area contributed by atoms with Gasteiger partial charge in [0.25, 0.3) is 0 Å². The smallest absolute Gasteiger partial charge is 0.120 e. The number of phenolic OH excluding ortho intramolecular Hbond substituents is 1. The molecule has 4 heteroatoms. The van der Waals surface area contributed by atoms with Crippen molar-refractivity contribution >= 4 is 5.69 Å². The molecule has 1 aliphatic carbocycles. The number of nitrogens with zero attached hydrogens (tertiary/aromatic N) is 1. The fourth-order valence-electron chi connectivity index (χ4n) is 4.45. The predicted octanol–water partition coefficient (Wildman–Crippen LogP) is 6.53. The molecular weight excluding hydrogens is 432 g/mol. The number of benzene rings is 3. The summed E-state index contributed by atoms with van der Waals surface area (Å²) >= 11 is 0. The molecule has 3 aromatic rings. The lowest BCUT2D eigenvalue weighted by molar-refractivity contribution is 0.415. The maximum atomic E-state index is 9.19. The molecule has 188 valence electrons. The standard InChI is InChI=1S/C21H30N2O.C10H12O/c1-5-23(20-7-6-8-21(15-20)24-4)16-19-11-9-18(10-12-19)13-14-22-17(2)3;11-10-6-5-8-3-1-2-4-9(8)7-10/h6-12,15,17,22H,5,13-14,16H2,1-4H3;5-7,11H,1-4H2. The van der Waals surface area contributed by atoms with Gasteiger partial charge in [-0.05, 0) is 92.1 Å². The molecule has 4 nitrogen and oxygen atoms in total. The molecule has 0 radical (unpaired) electrons. The lowest BCUT2D eigenvalue weighted by atomic mass is 9.92. The third kappa shape index (κ3) is 8.63. The molecule has 0 spiro atoms. The van der Waals surface area contributed by atoms with Crippen molar-refractivity contribution in [1.82, 2.24) is 5.32 Å². The lowest BCUT2D eigenvalue weighted by Gasteiger charge is -2.24. The van der Waals surface area contributed by atoms with Crippen molar-refractivity contribution in [2.75, 3.05) is 25.1 Å². The molecule has 0 saturated carbocycles. The number of anilines is 1. The number of hydrogen-bond acceptors (Lipinski definition) is 4. The summed E-state index contributed by atoms with van der Waals surface area (Å²) in [5.74, 6) is 1.31. The Bertz CT molecular complexity index is 1030. The first-order valence-electron chi connectivity index (χ1n) is 13.0. The molecular formula is C31H42N2O2. The minimum atomic E-state index is 0.408. The topological polar surface area (TPSA) is 44.7 Å². The summed E-state index contributed by atoms with van der Waals surface area (Å²) in [4.78, 5) is 2.36. The van der Waals surface area contributed by atoms with Gasteiger partial charge in [-0.25, -0.2) is 0 Å². The molecule has 0 amide bonds. The van der Waals surface area contributed by atoms with Gasteiger partial charge in [0.05, 0.1) is 7.11 Å². The number of hydrogen-bond donors (Lipinski definition) is 2. The van der Waals surface area contributed by atoms with Crippen LogP contribution >= 0.6 is 0 Å². The number of nitrogens with one attached hydrogen (secondary N) is 1. The Morgan fingerprint density at radius 2 is 1.63 bits per heavy atom. The van der Waals surface area contributed by atoms with E-state index < -0.39 is 0 Å². The van der Waals surface area contributed by atoms with Crippen LogP contribution in [-0.4, -0.2) is 31.3 Å². The maximum absolute atomic E-state index is 9.19. The van der Waals surface area contributed by atoms with E-state index in [1.807, 2.05) is 24.3 Å². The van der Waals surface area contributed by atoms with E-state index in [-0.39, 0.29) is 0 Å². The lowest BCUT2D eigenvalue weighted by Crippen LogP contribution is -2.25. The second kappa shape index (κ2) is 13.8. The molecule has 35 heavy (non-hydrogen) atoms. The number of methoxy groups -OCH3 is 1. The van der Waals surface area contributed by atoms with Crippen molar-refractivity contribution in [3.05, 3.63) is 89.0 Å². The van der Waals surface area contributed by atoms with Gasteiger partial charge in [-0.2, -0.15) is 0 Å². The fraction of sp³-hybridized carbons (Fsp3) is 0.419. The Hall–Kier alpha value is -2.98. The van der Waals surface area contributed by atoms with E-state index in [9.17, 15) is 5.11 Å². The van der Waals surface area contributed by atoms with E-state index in [2.05, 4.69) is 67.4 Å². The first kappa shape index (κ1) is 26.6. The second-order valence-corrected chi connectivity index (χ2v) is 9.55. The number of rotatable bonds is 9. The number of ether oxygens (including phenoxy) is 1. The molecule has 0 aromatic heterocycles. The van der Waals surface area contributed by atoms with Crippen LogP contribution in [0.5, 0.6) is 11.5 Å². The maximum Gasteiger partial charge on any atom is 0.120 e. The van der Waals surface area contributed by atoms with Gasteiger partial charge in [-0.3, -0.25) is 0 Å². The molecule has 0 aliphatic heterocycles. The SMILES string of the molecule is CCN(Cc1ccc(CCNC(C)C)cc1)c1cccc(OC)c1.Oc1ccc2c(c1)CCCC2. The highest BCUT2D eigenvalue weighted by molar-refractivity contribution is 5.51. The van der Waals surface area contributed by atoms with E-state index in [0.29, 0.717) is 11.8 Å². The zero-order valence-corrected chi connectivity index (χ0v) is 21.9. The minimum Gasteiger partial charge on any atom is -0.508 e. The first-order chi connectivity index (χ1) is 17.0. The first-order valence-corrected chi connectivity index (χ1v) is 13.0.